The predicted octanol–water partition coefficient (Wildman–Crippen LogP) is 4.44. The molecule has 1 aliphatic rings. The molecular weight excluding hydrogens is 253 g/mol. The van der Waals surface area contributed by atoms with Crippen LogP contribution in [0.1, 0.15) is 37.7 Å². The van der Waals surface area contributed by atoms with Crippen LogP contribution in [0.3, 0.4) is 0 Å². The van der Waals surface area contributed by atoms with Crippen LogP contribution in [0.15, 0.2) is 18.2 Å². The van der Waals surface area contributed by atoms with Crippen molar-refractivity contribution in [3.63, 3.8) is 0 Å². The topological polar surface area (TPSA) is 26.0 Å². The van der Waals surface area contributed by atoms with Crippen molar-refractivity contribution >= 4 is 23.2 Å². The Morgan fingerprint density at radius 2 is 1.88 bits per heavy atom. The summed E-state index contributed by atoms with van der Waals surface area (Å²) >= 11 is 12.2. The maximum Gasteiger partial charge on any atom is 0.0624 e. The Bertz CT molecular complexity index is 372. The Labute approximate surface area is 113 Å². The molecule has 1 nitrogen and oxygen atoms in total. The van der Waals surface area contributed by atoms with E-state index in [0.29, 0.717) is 16.0 Å². The van der Waals surface area contributed by atoms with Gasteiger partial charge in [0.2, 0.25) is 0 Å². The average molecular weight is 272 g/mol. The van der Waals surface area contributed by atoms with Crippen LogP contribution < -0.4 is 5.73 Å². The molecule has 2 N–H and O–H groups in total. The first kappa shape index (κ1) is 13.2. The highest BCUT2D eigenvalue weighted by Gasteiger charge is 2.21. The molecule has 1 aliphatic carbocycles. The molecule has 17 heavy (non-hydrogen) atoms. The Morgan fingerprint density at radius 3 is 2.59 bits per heavy atom. The zero-order chi connectivity index (χ0) is 12.3. The van der Waals surface area contributed by atoms with E-state index in [0.717, 1.165) is 12.0 Å². The Hall–Kier alpha value is -0.240. The lowest BCUT2D eigenvalue weighted by Crippen LogP contribution is -2.33. The molecule has 0 spiro atoms. The van der Waals surface area contributed by atoms with Gasteiger partial charge in [-0.3, -0.25) is 0 Å². The molecule has 0 amide bonds. The summed E-state index contributed by atoms with van der Waals surface area (Å²) in [5, 5.41) is 1.29. The second-order valence-electron chi connectivity index (χ2n) is 4.98. The van der Waals surface area contributed by atoms with Crippen LogP contribution in [-0.4, -0.2) is 6.04 Å². The van der Waals surface area contributed by atoms with Crippen LogP contribution in [0.5, 0.6) is 0 Å². The zero-order valence-electron chi connectivity index (χ0n) is 9.96. The largest absolute Gasteiger partial charge is 0.327 e. The van der Waals surface area contributed by atoms with Crippen LogP contribution in [0.2, 0.25) is 10.0 Å². The van der Waals surface area contributed by atoms with Crippen LogP contribution in [0, 0.1) is 5.92 Å². The Morgan fingerprint density at radius 1 is 1.18 bits per heavy atom. The maximum absolute atomic E-state index is 6.30. The molecule has 0 radical (unpaired) electrons. The third-order valence-corrected chi connectivity index (χ3v) is 4.60. The minimum Gasteiger partial charge on any atom is -0.327 e. The minimum absolute atomic E-state index is 0.214. The summed E-state index contributed by atoms with van der Waals surface area (Å²) in [6, 6.07) is 6.00. The third kappa shape index (κ3) is 3.37. The van der Waals surface area contributed by atoms with E-state index in [1.807, 2.05) is 18.2 Å². The number of hydrogen-bond acceptors (Lipinski definition) is 1. The van der Waals surface area contributed by atoms with Crippen molar-refractivity contribution in [2.75, 3.05) is 0 Å². The van der Waals surface area contributed by atoms with E-state index in [-0.39, 0.29) is 6.04 Å². The van der Waals surface area contributed by atoms with E-state index in [4.69, 9.17) is 28.9 Å². The second kappa shape index (κ2) is 6.08. The lowest BCUT2D eigenvalue weighted by Gasteiger charge is -2.27. The molecular formula is C14H19Cl2N. The summed E-state index contributed by atoms with van der Waals surface area (Å²) in [6.45, 7) is 0. The highest BCUT2D eigenvalue weighted by Crippen LogP contribution is 2.30. The van der Waals surface area contributed by atoms with Crippen molar-refractivity contribution in [2.24, 2.45) is 11.7 Å². The van der Waals surface area contributed by atoms with Gasteiger partial charge >= 0.3 is 0 Å². The molecule has 1 atom stereocenters. The molecule has 0 aromatic heterocycles. The highest BCUT2D eigenvalue weighted by molar-refractivity contribution is 6.42. The third-order valence-electron chi connectivity index (χ3n) is 3.74. The summed E-state index contributed by atoms with van der Waals surface area (Å²) in [5.74, 6) is 0.652. The molecule has 1 saturated carbocycles. The normalized spacial score (nSPS) is 19.2. The van der Waals surface area contributed by atoms with Gasteiger partial charge in [-0.15, -0.1) is 0 Å². The number of benzene rings is 1. The van der Waals surface area contributed by atoms with E-state index in [1.165, 1.54) is 32.1 Å². The molecule has 1 fully saturated rings. The Balaban J connectivity index is 2.01. The second-order valence-corrected chi connectivity index (χ2v) is 5.76. The van der Waals surface area contributed by atoms with Crippen molar-refractivity contribution < 1.29 is 0 Å². The van der Waals surface area contributed by atoms with Gasteiger partial charge in [0.05, 0.1) is 10.0 Å². The standard InChI is InChI=1S/C14H19Cl2N/c15-12-8-4-7-11(14(12)16)9-13(17)10-5-2-1-3-6-10/h4,7-8,10,13H,1-3,5-6,9,17H2. The van der Waals surface area contributed by atoms with Crippen molar-refractivity contribution in [1.82, 2.24) is 0 Å². The zero-order valence-corrected chi connectivity index (χ0v) is 11.5. The first-order chi connectivity index (χ1) is 8.18. The molecule has 1 unspecified atom stereocenters. The quantitative estimate of drug-likeness (QED) is 0.864. The fourth-order valence-electron chi connectivity index (χ4n) is 2.69. The number of halogens is 2. The summed E-state index contributed by atoms with van der Waals surface area (Å²) in [4.78, 5) is 0. The number of hydrogen-bond donors (Lipinski definition) is 1. The number of nitrogens with two attached hydrogens (primary N) is 1. The maximum atomic E-state index is 6.30. The summed E-state index contributed by atoms with van der Waals surface area (Å²) in [6.07, 6.45) is 7.37. The SMILES string of the molecule is NC(Cc1cccc(Cl)c1Cl)C1CCCCC1. The average Bonchev–Trinajstić information content (AvgIpc) is 2.36. The molecule has 1 aromatic carbocycles. The lowest BCUT2D eigenvalue weighted by molar-refractivity contribution is 0.303. The summed E-state index contributed by atoms with van der Waals surface area (Å²) in [7, 11) is 0. The minimum atomic E-state index is 0.214. The van der Waals surface area contributed by atoms with E-state index in [9.17, 15) is 0 Å². The van der Waals surface area contributed by atoms with Gasteiger partial charge in [-0.1, -0.05) is 54.6 Å². The molecule has 94 valence electrons. The van der Waals surface area contributed by atoms with Crippen molar-refractivity contribution in [1.29, 1.82) is 0 Å². The van der Waals surface area contributed by atoms with Gasteiger partial charge in [0, 0.05) is 6.04 Å². The van der Waals surface area contributed by atoms with Gasteiger partial charge in [-0.05, 0) is 36.8 Å². The Kier molecular flexibility index (Phi) is 4.72. The molecule has 0 heterocycles. The van der Waals surface area contributed by atoms with Gasteiger partial charge in [-0.25, -0.2) is 0 Å². The van der Waals surface area contributed by atoms with Gasteiger partial charge in [0.15, 0.2) is 0 Å². The van der Waals surface area contributed by atoms with Crippen LogP contribution in [0.25, 0.3) is 0 Å². The van der Waals surface area contributed by atoms with Gasteiger partial charge in [0.25, 0.3) is 0 Å². The van der Waals surface area contributed by atoms with E-state index < -0.39 is 0 Å². The smallest absolute Gasteiger partial charge is 0.0624 e. The van der Waals surface area contributed by atoms with Crippen molar-refractivity contribution in [3.05, 3.63) is 33.8 Å². The molecule has 0 aliphatic heterocycles. The van der Waals surface area contributed by atoms with Gasteiger partial charge < -0.3 is 5.73 Å². The van der Waals surface area contributed by atoms with E-state index in [2.05, 4.69) is 0 Å². The van der Waals surface area contributed by atoms with Gasteiger partial charge in [0.1, 0.15) is 0 Å². The van der Waals surface area contributed by atoms with Crippen LogP contribution in [-0.2, 0) is 6.42 Å². The fourth-order valence-corrected chi connectivity index (χ4v) is 3.09. The first-order valence-electron chi connectivity index (χ1n) is 6.37. The molecule has 1 aromatic rings. The van der Waals surface area contributed by atoms with Gasteiger partial charge in [-0.2, -0.15) is 0 Å². The highest BCUT2D eigenvalue weighted by atomic mass is 35.5. The van der Waals surface area contributed by atoms with E-state index in [1.54, 1.807) is 0 Å². The summed E-state index contributed by atoms with van der Waals surface area (Å²) in [5.41, 5.74) is 7.38. The van der Waals surface area contributed by atoms with Crippen molar-refractivity contribution in [2.45, 2.75) is 44.6 Å². The van der Waals surface area contributed by atoms with E-state index >= 15 is 0 Å². The fraction of sp³-hybridized carbons (Fsp3) is 0.571. The van der Waals surface area contributed by atoms with Crippen LogP contribution in [0.4, 0.5) is 0 Å². The first-order valence-corrected chi connectivity index (χ1v) is 7.12. The van der Waals surface area contributed by atoms with Crippen LogP contribution >= 0.6 is 23.2 Å². The number of rotatable bonds is 3. The monoisotopic (exact) mass is 271 g/mol. The molecule has 0 bridgehead atoms. The molecule has 0 saturated heterocycles. The van der Waals surface area contributed by atoms with Crippen molar-refractivity contribution in [3.8, 4) is 0 Å². The summed E-state index contributed by atoms with van der Waals surface area (Å²) < 4.78 is 0. The molecule has 3 heteroatoms. The molecule has 2 rings (SSSR count). The predicted molar refractivity (Wildman–Crippen MR) is 74.7 cm³/mol. The lowest BCUT2D eigenvalue weighted by atomic mass is 9.82.